The molecule has 8 rings (SSSR count). The molecule has 2 nitrogen and oxygen atoms in total. The zero-order valence-corrected chi connectivity index (χ0v) is 29.6. The van der Waals surface area contributed by atoms with Gasteiger partial charge in [-0.25, -0.2) is 0 Å². The molecule has 1 aliphatic carbocycles. The second-order valence-corrected chi connectivity index (χ2v) is 14.7. The van der Waals surface area contributed by atoms with Crippen LogP contribution in [-0.2, 0) is 10.8 Å². The number of hydrogen-bond acceptors (Lipinski definition) is 1. The molecule has 0 fully saturated rings. The number of hydrogen-bond donors (Lipinski definition) is 0. The van der Waals surface area contributed by atoms with Crippen LogP contribution in [0.3, 0.4) is 0 Å². The minimum Gasteiger partial charge on any atom is -0.313 e. The van der Waals surface area contributed by atoms with Crippen LogP contribution < -0.4 is 9.48 Å². The van der Waals surface area contributed by atoms with Crippen molar-refractivity contribution in [3.63, 3.8) is 0 Å². The van der Waals surface area contributed by atoms with Crippen LogP contribution in [-0.4, -0.2) is 5.71 Å². The number of fused-ring (bicyclic) bond motifs is 2. The first-order valence-electron chi connectivity index (χ1n) is 18.0. The lowest BCUT2D eigenvalue weighted by atomic mass is 9.79. The van der Waals surface area contributed by atoms with E-state index < -0.39 is 0 Å². The largest absolute Gasteiger partial charge is 0.313 e. The quantitative estimate of drug-likeness (QED) is 0.166. The summed E-state index contributed by atoms with van der Waals surface area (Å²) in [7, 11) is 0. The van der Waals surface area contributed by atoms with Crippen LogP contribution in [0.4, 0.5) is 22.7 Å². The number of para-hydroxylation sites is 4. The van der Waals surface area contributed by atoms with Crippen LogP contribution in [0, 0.1) is 0 Å². The van der Waals surface area contributed by atoms with Crippen molar-refractivity contribution in [2.45, 2.75) is 57.8 Å². The van der Waals surface area contributed by atoms with E-state index in [1.807, 2.05) is 0 Å². The average molecular weight is 650 g/mol. The molecule has 0 unspecified atom stereocenters. The van der Waals surface area contributed by atoms with Gasteiger partial charge in [0.05, 0.1) is 5.41 Å². The van der Waals surface area contributed by atoms with Gasteiger partial charge in [-0.05, 0) is 85.2 Å². The minimum absolute atomic E-state index is 0.141. The third kappa shape index (κ3) is 5.40. The summed E-state index contributed by atoms with van der Waals surface area (Å²) in [4.78, 5) is 2.45. The van der Waals surface area contributed by atoms with Gasteiger partial charge in [0.25, 0.3) is 0 Å². The molecule has 0 spiro atoms. The lowest BCUT2D eigenvalue weighted by Crippen LogP contribution is -2.27. The summed E-state index contributed by atoms with van der Waals surface area (Å²) in [5.74, 6) is 0. The molecule has 2 heteroatoms. The molecule has 0 saturated heterocycles. The van der Waals surface area contributed by atoms with Crippen LogP contribution in [0.25, 0.3) is 5.57 Å². The molecule has 246 valence electrons. The molecule has 5 aromatic rings. The molecule has 2 aliphatic heterocycles. The summed E-state index contributed by atoms with van der Waals surface area (Å²) in [5.41, 5.74) is 15.4. The van der Waals surface area contributed by atoms with Crippen molar-refractivity contribution >= 4 is 34.0 Å². The standard InChI is InChI=1S/C48H45N2/c1-47(2)40-27-14-16-29-42(40)49(38-23-10-6-11-24-38)44(47)33-31-36-21-18-22-37(46(36)35-19-8-5-9-20-35)32-34-45-48(3,4)41-28-15-17-30-43(41)50(45)39-25-12-7-13-26-39/h5-17,19-20,23-34H,18,21-22H2,1-4H3/q+1. The van der Waals surface area contributed by atoms with Gasteiger partial charge in [-0.15, -0.1) is 0 Å². The number of allylic oxidation sites excluding steroid dienone is 8. The highest BCUT2D eigenvalue weighted by Gasteiger charge is 2.45. The summed E-state index contributed by atoms with van der Waals surface area (Å²) >= 11 is 0. The highest BCUT2D eigenvalue weighted by Crippen LogP contribution is 2.51. The van der Waals surface area contributed by atoms with E-state index in [0.717, 1.165) is 19.3 Å². The third-order valence-electron chi connectivity index (χ3n) is 10.9. The first-order chi connectivity index (χ1) is 24.4. The molecule has 0 saturated carbocycles. The van der Waals surface area contributed by atoms with E-state index in [1.165, 1.54) is 67.6 Å². The topological polar surface area (TPSA) is 6.25 Å². The molecule has 3 aliphatic rings. The van der Waals surface area contributed by atoms with E-state index in [-0.39, 0.29) is 10.8 Å². The van der Waals surface area contributed by atoms with E-state index in [0.29, 0.717) is 0 Å². The van der Waals surface area contributed by atoms with Crippen LogP contribution in [0.15, 0.2) is 181 Å². The monoisotopic (exact) mass is 649 g/mol. The molecule has 0 bridgehead atoms. The Morgan fingerprint density at radius 3 is 1.94 bits per heavy atom. The Kier molecular flexibility index (Phi) is 8.11. The Morgan fingerprint density at radius 1 is 0.580 bits per heavy atom. The van der Waals surface area contributed by atoms with Crippen LogP contribution in [0.2, 0.25) is 0 Å². The fourth-order valence-corrected chi connectivity index (χ4v) is 8.36. The maximum Gasteiger partial charge on any atom is 0.215 e. The van der Waals surface area contributed by atoms with E-state index in [9.17, 15) is 0 Å². The fourth-order valence-electron chi connectivity index (χ4n) is 8.36. The summed E-state index contributed by atoms with van der Waals surface area (Å²) in [6, 6.07) is 50.4. The molecule has 0 atom stereocenters. The van der Waals surface area contributed by atoms with Gasteiger partial charge in [-0.1, -0.05) is 129 Å². The molecule has 0 amide bonds. The Bertz CT molecular complexity index is 2210. The van der Waals surface area contributed by atoms with Gasteiger partial charge in [0.2, 0.25) is 11.4 Å². The van der Waals surface area contributed by atoms with Crippen LogP contribution in [0.1, 0.15) is 63.6 Å². The van der Waals surface area contributed by atoms with Crippen LogP contribution >= 0.6 is 0 Å². The van der Waals surface area contributed by atoms with E-state index in [1.54, 1.807) is 0 Å². The zero-order valence-electron chi connectivity index (χ0n) is 29.6. The smallest absolute Gasteiger partial charge is 0.215 e. The Balaban J connectivity index is 1.27. The van der Waals surface area contributed by atoms with E-state index in [4.69, 9.17) is 0 Å². The van der Waals surface area contributed by atoms with Crippen molar-refractivity contribution in [3.05, 3.63) is 197 Å². The molecule has 5 aromatic carbocycles. The first kappa shape index (κ1) is 31.8. The first-order valence-corrected chi connectivity index (χ1v) is 18.0. The molecule has 0 radical (unpaired) electrons. The molecule has 2 heterocycles. The van der Waals surface area contributed by atoms with Crippen molar-refractivity contribution in [3.8, 4) is 0 Å². The lowest BCUT2D eigenvalue weighted by Gasteiger charge is -2.27. The Morgan fingerprint density at radius 2 is 1.20 bits per heavy atom. The maximum absolute atomic E-state index is 2.45. The van der Waals surface area contributed by atoms with Gasteiger partial charge < -0.3 is 4.90 Å². The minimum atomic E-state index is -0.141. The Labute approximate surface area is 297 Å². The molecule has 0 aromatic heterocycles. The van der Waals surface area contributed by atoms with Gasteiger partial charge in [0, 0.05) is 52.3 Å². The van der Waals surface area contributed by atoms with Gasteiger partial charge in [0.1, 0.15) is 0 Å². The summed E-state index contributed by atoms with van der Waals surface area (Å²) in [6.45, 7) is 9.44. The molecule has 50 heavy (non-hydrogen) atoms. The van der Waals surface area contributed by atoms with Crippen molar-refractivity contribution in [1.82, 2.24) is 4.58 Å². The van der Waals surface area contributed by atoms with Crippen molar-refractivity contribution in [1.29, 1.82) is 0 Å². The SMILES string of the molecule is CC1(C)C(/C=C/C2=C(c3ccccc3)C(=C\C=C3/N(c4ccccc4)c4ccccc4C3(C)C)/CCC2)=[N+](c2ccccc2)c2ccccc21. The van der Waals surface area contributed by atoms with Crippen molar-refractivity contribution in [2.24, 2.45) is 0 Å². The molecular formula is C48H45N2+. The summed E-state index contributed by atoms with van der Waals surface area (Å²) in [5, 5.41) is 0. The van der Waals surface area contributed by atoms with Gasteiger partial charge in [-0.3, -0.25) is 0 Å². The van der Waals surface area contributed by atoms with Gasteiger partial charge in [0.15, 0.2) is 5.71 Å². The average Bonchev–Trinajstić information content (AvgIpc) is 3.53. The van der Waals surface area contributed by atoms with Crippen molar-refractivity contribution in [2.75, 3.05) is 4.90 Å². The number of anilines is 2. The number of benzene rings is 5. The van der Waals surface area contributed by atoms with E-state index >= 15 is 0 Å². The fraction of sp³-hybridized carbons (Fsp3) is 0.188. The second-order valence-electron chi connectivity index (χ2n) is 14.7. The van der Waals surface area contributed by atoms with Crippen LogP contribution in [0.5, 0.6) is 0 Å². The highest BCUT2D eigenvalue weighted by molar-refractivity contribution is 6.10. The van der Waals surface area contributed by atoms with E-state index in [2.05, 4.69) is 201 Å². The molecular weight excluding hydrogens is 605 g/mol. The zero-order chi connectivity index (χ0) is 34.3. The third-order valence-corrected chi connectivity index (χ3v) is 10.9. The summed E-state index contributed by atoms with van der Waals surface area (Å²) < 4.78 is 2.45. The Hall–Kier alpha value is -5.47. The second kappa shape index (κ2) is 12.8. The van der Waals surface area contributed by atoms with Gasteiger partial charge in [-0.2, -0.15) is 4.58 Å². The highest BCUT2D eigenvalue weighted by atomic mass is 15.2. The predicted molar refractivity (Wildman–Crippen MR) is 213 cm³/mol. The lowest BCUT2D eigenvalue weighted by molar-refractivity contribution is 0.644. The normalized spacial score (nSPS) is 19.5. The summed E-state index contributed by atoms with van der Waals surface area (Å²) in [6.07, 6.45) is 12.9. The number of rotatable bonds is 6. The predicted octanol–water partition coefficient (Wildman–Crippen LogP) is 12.4. The van der Waals surface area contributed by atoms with Gasteiger partial charge >= 0.3 is 0 Å². The number of nitrogens with zero attached hydrogens (tertiary/aromatic N) is 2. The van der Waals surface area contributed by atoms with Crippen molar-refractivity contribution < 1.29 is 0 Å². The maximum atomic E-state index is 2.45. The molecule has 0 N–H and O–H groups in total.